The second-order valence-corrected chi connectivity index (χ2v) is 5.72. The summed E-state index contributed by atoms with van der Waals surface area (Å²) in [6.07, 6.45) is 2.64. The van der Waals surface area contributed by atoms with E-state index in [0.29, 0.717) is 5.92 Å². The summed E-state index contributed by atoms with van der Waals surface area (Å²) < 4.78 is 0. The minimum Gasteiger partial charge on any atom is -0.411 e. The van der Waals surface area contributed by atoms with E-state index in [0.717, 1.165) is 18.5 Å². The van der Waals surface area contributed by atoms with Crippen molar-refractivity contribution in [1.29, 1.82) is 0 Å². The van der Waals surface area contributed by atoms with Gasteiger partial charge in [0.1, 0.15) is 0 Å². The Morgan fingerprint density at radius 3 is 2.83 bits per heavy atom. The van der Waals surface area contributed by atoms with Crippen molar-refractivity contribution >= 4 is 11.9 Å². The Balaban J connectivity index is 2.51. The van der Waals surface area contributed by atoms with Gasteiger partial charge in [-0.1, -0.05) is 18.1 Å². The van der Waals surface area contributed by atoms with E-state index >= 15 is 0 Å². The minimum atomic E-state index is 0.202. The quantitative estimate of drug-likeness (QED) is 0.491. The van der Waals surface area contributed by atoms with Crippen LogP contribution in [0.4, 0.5) is 5.69 Å². The van der Waals surface area contributed by atoms with Crippen molar-refractivity contribution in [1.82, 2.24) is 0 Å². The van der Waals surface area contributed by atoms with Crippen LogP contribution < -0.4 is 4.90 Å². The van der Waals surface area contributed by atoms with Crippen LogP contribution in [0.15, 0.2) is 23.4 Å². The van der Waals surface area contributed by atoms with Crippen molar-refractivity contribution in [2.75, 3.05) is 11.4 Å². The van der Waals surface area contributed by atoms with Gasteiger partial charge in [0.15, 0.2) is 0 Å². The largest absolute Gasteiger partial charge is 0.411 e. The lowest BCUT2D eigenvalue weighted by molar-refractivity contribution is 0.322. The number of anilines is 1. The first kappa shape index (κ1) is 12.9. The zero-order valence-corrected chi connectivity index (χ0v) is 11.6. The van der Waals surface area contributed by atoms with Gasteiger partial charge in [-0.2, -0.15) is 0 Å². The molecule has 0 fully saturated rings. The highest BCUT2D eigenvalue weighted by Crippen LogP contribution is 2.43. The molecule has 1 heterocycles. The number of benzene rings is 1. The van der Waals surface area contributed by atoms with Gasteiger partial charge < -0.3 is 10.1 Å². The number of nitrogens with zero attached hydrogens (tertiary/aromatic N) is 2. The third-order valence-electron chi connectivity index (χ3n) is 3.93. The van der Waals surface area contributed by atoms with E-state index in [1.54, 1.807) is 0 Å². The van der Waals surface area contributed by atoms with Crippen LogP contribution in [0.2, 0.25) is 0 Å². The minimum absolute atomic E-state index is 0.202. The van der Waals surface area contributed by atoms with Crippen LogP contribution in [0.1, 0.15) is 51.2 Å². The normalized spacial score (nSPS) is 22.2. The SMILES string of the molecule is CCN1c2ccc(/C=N\O)cc2[C@@H](C)CC1(C)C. The summed E-state index contributed by atoms with van der Waals surface area (Å²) >= 11 is 0. The summed E-state index contributed by atoms with van der Waals surface area (Å²) in [5.41, 5.74) is 3.83. The third-order valence-corrected chi connectivity index (χ3v) is 3.93. The van der Waals surface area contributed by atoms with Gasteiger partial charge in [-0.15, -0.1) is 0 Å². The Kier molecular flexibility index (Phi) is 3.33. The highest BCUT2D eigenvalue weighted by atomic mass is 16.4. The van der Waals surface area contributed by atoms with Gasteiger partial charge in [-0.3, -0.25) is 0 Å². The molecule has 3 nitrogen and oxygen atoms in total. The predicted molar refractivity (Wildman–Crippen MR) is 76.0 cm³/mol. The second-order valence-electron chi connectivity index (χ2n) is 5.72. The fourth-order valence-corrected chi connectivity index (χ4v) is 3.25. The van der Waals surface area contributed by atoms with Crippen molar-refractivity contribution in [2.24, 2.45) is 5.16 Å². The number of hydrogen-bond acceptors (Lipinski definition) is 3. The fraction of sp³-hybridized carbons (Fsp3) is 0.533. The maximum absolute atomic E-state index is 8.63. The zero-order chi connectivity index (χ0) is 13.3. The van der Waals surface area contributed by atoms with Crippen LogP contribution in [0.5, 0.6) is 0 Å². The molecular weight excluding hydrogens is 224 g/mol. The van der Waals surface area contributed by atoms with E-state index in [2.05, 4.69) is 49.9 Å². The molecule has 0 saturated heterocycles. The lowest BCUT2D eigenvalue weighted by atomic mass is 9.79. The highest BCUT2D eigenvalue weighted by Gasteiger charge is 2.35. The Bertz CT molecular complexity index is 466. The monoisotopic (exact) mass is 246 g/mol. The summed E-state index contributed by atoms with van der Waals surface area (Å²) in [6, 6.07) is 6.29. The van der Waals surface area contributed by atoms with Crippen LogP contribution >= 0.6 is 0 Å². The molecule has 2 rings (SSSR count). The van der Waals surface area contributed by atoms with E-state index in [9.17, 15) is 0 Å². The number of rotatable bonds is 2. The van der Waals surface area contributed by atoms with Gasteiger partial charge in [0, 0.05) is 17.8 Å². The van der Waals surface area contributed by atoms with Crippen molar-refractivity contribution in [3.05, 3.63) is 29.3 Å². The van der Waals surface area contributed by atoms with Gasteiger partial charge in [-0.05, 0) is 56.4 Å². The number of oxime groups is 1. The number of fused-ring (bicyclic) bond motifs is 1. The van der Waals surface area contributed by atoms with E-state index in [1.807, 2.05) is 6.07 Å². The van der Waals surface area contributed by atoms with E-state index in [1.165, 1.54) is 17.5 Å². The molecule has 98 valence electrons. The second kappa shape index (κ2) is 4.63. The lowest BCUT2D eigenvalue weighted by Gasteiger charge is -2.47. The molecular formula is C15H22N2O. The van der Waals surface area contributed by atoms with Crippen molar-refractivity contribution < 1.29 is 5.21 Å². The molecule has 1 aliphatic heterocycles. The van der Waals surface area contributed by atoms with E-state index in [4.69, 9.17) is 5.21 Å². The molecule has 0 unspecified atom stereocenters. The molecule has 0 radical (unpaired) electrons. The van der Waals surface area contributed by atoms with Gasteiger partial charge in [0.05, 0.1) is 6.21 Å². The fourth-order valence-electron chi connectivity index (χ4n) is 3.25. The summed E-state index contributed by atoms with van der Waals surface area (Å²) in [4.78, 5) is 2.46. The zero-order valence-electron chi connectivity index (χ0n) is 11.6. The summed E-state index contributed by atoms with van der Waals surface area (Å²) in [6.45, 7) is 10.1. The van der Waals surface area contributed by atoms with Crippen LogP contribution in [0.3, 0.4) is 0 Å². The first-order valence-corrected chi connectivity index (χ1v) is 6.58. The molecule has 0 saturated carbocycles. The summed E-state index contributed by atoms with van der Waals surface area (Å²) in [5.74, 6) is 0.532. The van der Waals surface area contributed by atoms with Crippen molar-refractivity contribution in [3.8, 4) is 0 Å². The summed E-state index contributed by atoms with van der Waals surface area (Å²) in [7, 11) is 0. The van der Waals surface area contributed by atoms with Gasteiger partial charge in [0.25, 0.3) is 0 Å². The van der Waals surface area contributed by atoms with Crippen molar-refractivity contribution in [3.63, 3.8) is 0 Å². The van der Waals surface area contributed by atoms with Crippen LogP contribution in [0.25, 0.3) is 0 Å². The third kappa shape index (κ3) is 2.09. The van der Waals surface area contributed by atoms with Gasteiger partial charge >= 0.3 is 0 Å². The molecule has 1 aromatic carbocycles. The molecule has 1 aromatic rings. The first-order chi connectivity index (χ1) is 8.49. The molecule has 1 N–H and O–H groups in total. The highest BCUT2D eigenvalue weighted by molar-refractivity contribution is 5.81. The smallest absolute Gasteiger partial charge is 0.0733 e. The average molecular weight is 246 g/mol. The molecule has 0 spiro atoms. The molecule has 0 aromatic heterocycles. The molecule has 18 heavy (non-hydrogen) atoms. The molecule has 1 aliphatic rings. The Labute approximate surface area is 109 Å². The first-order valence-electron chi connectivity index (χ1n) is 6.58. The summed E-state index contributed by atoms with van der Waals surface area (Å²) in [5, 5.41) is 11.7. The lowest BCUT2D eigenvalue weighted by Crippen LogP contribution is -2.48. The average Bonchev–Trinajstić information content (AvgIpc) is 2.29. The molecule has 0 aliphatic carbocycles. The molecule has 1 atom stereocenters. The van der Waals surface area contributed by atoms with Crippen molar-refractivity contribution in [2.45, 2.75) is 45.6 Å². The van der Waals surface area contributed by atoms with Gasteiger partial charge in [-0.25, -0.2) is 0 Å². The molecule has 0 bridgehead atoms. The Hall–Kier alpha value is -1.51. The van der Waals surface area contributed by atoms with Crippen LogP contribution in [-0.2, 0) is 0 Å². The maximum Gasteiger partial charge on any atom is 0.0733 e. The Morgan fingerprint density at radius 1 is 1.50 bits per heavy atom. The van der Waals surface area contributed by atoms with E-state index in [-0.39, 0.29) is 5.54 Å². The van der Waals surface area contributed by atoms with Crippen LogP contribution in [0, 0.1) is 0 Å². The maximum atomic E-state index is 8.63. The number of hydrogen-bond donors (Lipinski definition) is 1. The molecule has 3 heteroatoms. The van der Waals surface area contributed by atoms with Gasteiger partial charge in [0.2, 0.25) is 0 Å². The molecule has 0 amide bonds. The topological polar surface area (TPSA) is 35.8 Å². The van der Waals surface area contributed by atoms with E-state index < -0.39 is 0 Å². The van der Waals surface area contributed by atoms with Crippen LogP contribution in [-0.4, -0.2) is 23.5 Å². The standard InChI is InChI=1S/C15H22N2O/c1-5-17-14-7-6-12(10-16-18)8-13(14)11(2)9-15(17,3)4/h6-8,10-11,18H,5,9H2,1-4H3/b16-10-/t11-/m0/s1. The predicted octanol–water partition coefficient (Wildman–Crippen LogP) is 3.61. The Morgan fingerprint density at radius 2 is 2.22 bits per heavy atom.